The highest BCUT2D eigenvalue weighted by Gasteiger charge is 2.74. The van der Waals surface area contributed by atoms with Crippen LogP contribution < -0.4 is 10.2 Å². The molecule has 3 amide bonds. The predicted molar refractivity (Wildman–Crippen MR) is 115 cm³/mol. The van der Waals surface area contributed by atoms with E-state index >= 15 is 0 Å². The minimum Gasteiger partial charge on any atom is -0.324 e. The fraction of sp³-hybridized carbons (Fsp3) is 0.348. The number of nitrogens with zero attached hydrogens (tertiary/aromatic N) is 2. The maximum atomic E-state index is 13.8. The lowest BCUT2D eigenvalue weighted by Crippen LogP contribution is -2.54. The molecule has 6 rings (SSSR count). The van der Waals surface area contributed by atoms with E-state index in [2.05, 4.69) is 26.1 Å². The average Bonchev–Trinajstić information content (AvgIpc) is 3.42. The van der Waals surface area contributed by atoms with Gasteiger partial charge in [-0.25, -0.2) is 4.90 Å². The maximum Gasteiger partial charge on any atom is 0.250 e. The predicted octanol–water partition coefficient (Wildman–Crippen LogP) is 3.19. The van der Waals surface area contributed by atoms with E-state index in [9.17, 15) is 14.4 Å². The summed E-state index contributed by atoms with van der Waals surface area (Å²) >= 11 is 3.40. The molecule has 0 unspecified atom stereocenters. The van der Waals surface area contributed by atoms with Gasteiger partial charge in [0, 0.05) is 21.8 Å². The average molecular weight is 466 g/mol. The summed E-state index contributed by atoms with van der Waals surface area (Å²) in [6.45, 7) is 2.71. The molecule has 6 nitrogen and oxygen atoms in total. The lowest BCUT2D eigenvalue weighted by Gasteiger charge is -2.36. The number of anilines is 2. The molecule has 1 spiro atoms. The second-order valence-electron chi connectivity index (χ2n) is 8.66. The highest BCUT2D eigenvalue weighted by molar-refractivity contribution is 9.10. The minimum absolute atomic E-state index is 0.0934. The Morgan fingerprint density at radius 2 is 1.83 bits per heavy atom. The number of amides is 3. The molecule has 0 radical (unpaired) electrons. The Balaban J connectivity index is 1.56. The summed E-state index contributed by atoms with van der Waals surface area (Å²) in [4.78, 5) is 44.4. The van der Waals surface area contributed by atoms with Crippen LogP contribution in [0.4, 0.5) is 11.4 Å². The van der Waals surface area contributed by atoms with E-state index in [1.165, 1.54) is 4.90 Å². The van der Waals surface area contributed by atoms with Gasteiger partial charge in [-0.15, -0.1) is 0 Å². The van der Waals surface area contributed by atoms with Crippen molar-refractivity contribution in [3.63, 3.8) is 0 Å². The first-order valence-electron chi connectivity index (χ1n) is 10.3. The Morgan fingerprint density at radius 3 is 2.60 bits per heavy atom. The van der Waals surface area contributed by atoms with E-state index in [0.717, 1.165) is 40.7 Å². The molecule has 30 heavy (non-hydrogen) atoms. The molecule has 0 saturated carbocycles. The second kappa shape index (κ2) is 6.02. The van der Waals surface area contributed by atoms with Crippen LogP contribution in [0.1, 0.15) is 24.0 Å². The number of fused-ring (bicyclic) bond motifs is 7. The largest absolute Gasteiger partial charge is 0.324 e. The van der Waals surface area contributed by atoms with Crippen LogP contribution >= 0.6 is 15.9 Å². The van der Waals surface area contributed by atoms with Crippen molar-refractivity contribution in [2.24, 2.45) is 11.8 Å². The van der Waals surface area contributed by atoms with Crippen molar-refractivity contribution in [1.29, 1.82) is 0 Å². The maximum absolute atomic E-state index is 13.8. The van der Waals surface area contributed by atoms with Crippen molar-refractivity contribution in [3.05, 3.63) is 58.1 Å². The van der Waals surface area contributed by atoms with Gasteiger partial charge in [-0.2, -0.15) is 0 Å². The fourth-order valence-electron chi connectivity index (χ4n) is 6.16. The SMILES string of the molecule is Cc1ccc2c(c1)[C@]1(C(=O)N2)[C@@H]2C(=O)N(c3ccc(Br)cc3)C(=O)[C@H]2[C@H]2CCCN21. The molecule has 0 aliphatic carbocycles. The van der Waals surface area contributed by atoms with Crippen LogP contribution in [0.3, 0.4) is 0 Å². The lowest BCUT2D eigenvalue weighted by atomic mass is 9.75. The van der Waals surface area contributed by atoms with Crippen molar-refractivity contribution < 1.29 is 14.4 Å². The number of hydrogen-bond acceptors (Lipinski definition) is 4. The molecule has 7 heteroatoms. The highest BCUT2D eigenvalue weighted by atomic mass is 79.9. The lowest BCUT2D eigenvalue weighted by molar-refractivity contribution is -0.135. The van der Waals surface area contributed by atoms with Gasteiger partial charge in [-0.3, -0.25) is 19.3 Å². The van der Waals surface area contributed by atoms with Crippen LogP contribution in [-0.4, -0.2) is 35.2 Å². The first-order chi connectivity index (χ1) is 14.4. The number of rotatable bonds is 1. The van der Waals surface area contributed by atoms with Crippen LogP contribution in [0.15, 0.2) is 46.9 Å². The van der Waals surface area contributed by atoms with E-state index in [4.69, 9.17) is 0 Å². The molecule has 3 fully saturated rings. The fourth-order valence-corrected chi connectivity index (χ4v) is 6.43. The third-order valence-electron chi connectivity index (χ3n) is 7.23. The second-order valence-corrected chi connectivity index (χ2v) is 9.58. The van der Waals surface area contributed by atoms with E-state index in [0.29, 0.717) is 5.69 Å². The third-order valence-corrected chi connectivity index (χ3v) is 7.76. The first kappa shape index (κ1) is 18.3. The Hall–Kier alpha value is -2.51. The number of aryl methyl sites for hydroxylation is 1. The van der Waals surface area contributed by atoms with Crippen molar-refractivity contribution in [2.75, 3.05) is 16.8 Å². The number of imide groups is 1. The van der Waals surface area contributed by atoms with Gasteiger partial charge in [0.2, 0.25) is 17.7 Å². The molecule has 4 heterocycles. The van der Waals surface area contributed by atoms with Crippen LogP contribution in [0.2, 0.25) is 0 Å². The van der Waals surface area contributed by atoms with Crippen LogP contribution in [0, 0.1) is 18.8 Å². The zero-order valence-electron chi connectivity index (χ0n) is 16.4. The number of halogens is 1. The molecule has 0 aromatic heterocycles. The van der Waals surface area contributed by atoms with E-state index in [-0.39, 0.29) is 23.8 Å². The molecule has 152 valence electrons. The number of carbonyl (C=O) groups excluding carboxylic acids is 3. The first-order valence-corrected chi connectivity index (χ1v) is 11.1. The van der Waals surface area contributed by atoms with E-state index in [1.807, 2.05) is 37.3 Å². The standard InChI is InChI=1S/C23H20BrN3O3/c1-12-4-9-16-15(11-12)23(22(30)25-16)19-18(17-3-2-10-26(17)23)20(28)27(21(19)29)14-7-5-13(24)6-8-14/h4-9,11,17-19H,2-3,10H2,1H3,(H,25,30)/t17-,18+,19+,23-/m1/s1. The van der Waals surface area contributed by atoms with Crippen molar-refractivity contribution >= 4 is 45.0 Å². The van der Waals surface area contributed by atoms with E-state index < -0.39 is 17.4 Å². The molecular formula is C23H20BrN3O3. The highest BCUT2D eigenvalue weighted by Crippen LogP contribution is 2.60. The monoisotopic (exact) mass is 465 g/mol. The van der Waals surface area contributed by atoms with Crippen LogP contribution in [-0.2, 0) is 19.9 Å². The van der Waals surface area contributed by atoms with Crippen molar-refractivity contribution in [3.8, 4) is 0 Å². The molecule has 1 N–H and O–H groups in total. The van der Waals surface area contributed by atoms with Gasteiger partial charge in [0.05, 0.1) is 17.5 Å². The normalized spacial score (nSPS) is 32.0. The minimum atomic E-state index is -1.11. The van der Waals surface area contributed by atoms with Gasteiger partial charge in [0.15, 0.2) is 0 Å². The number of hydrogen-bond donors (Lipinski definition) is 1. The Morgan fingerprint density at radius 1 is 1.07 bits per heavy atom. The van der Waals surface area contributed by atoms with Crippen molar-refractivity contribution in [2.45, 2.75) is 31.3 Å². The van der Waals surface area contributed by atoms with Gasteiger partial charge in [-0.1, -0.05) is 33.6 Å². The summed E-state index contributed by atoms with van der Waals surface area (Å²) in [5.74, 6) is -1.84. The van der Waals surface area contributed by atoms with Gasteiger partial charge >= 0.3 is 0 Å². The summed E-state index contributed by atoms with van der Waals surface area (Å²) < 4.78 is 0.878. The molecule has 0 bridgehead atoms. The quantitative estimate of drug-likeness (QED) is 0.656. The van der Waals surface area contributed by atoms with Gasteiger partial charge in [0.25, 0.3) is 0 Å². The van der Waals surface area contributed by atoms with Crippen molar-refractivity contribution in [1.82, 2.24) is 4.90 Å². The molecule has 4 aliphatic rings. The molecule has 4 atom stereocenters. The number of nitrogens with one attached hydrogen (secondary N) is 1. The van der Waals surface area contributed by atoms with E-state index in [1.54, 1.807) is 12.1 Å². The topological polar surface area (TPSA) is 69.7 Å². The summed E-state index contributed by atoms with van der Waals surface area (Å²) in [6.07, 6.45) is 1.74. The van der Waals surface area contributed by atoms with Crippen LogP contribution in [0.25, 0.3) is 0 Å². The number of carbonyl (C=O) groups is 3. The molecule has 4 aliphatic heterocycles. The van der Waals surface area contributed by atoms with Crippen LogP contribution in [0.5, 0.6) is 0 Å². The zero-order valence-corrected chi connectivity index (χ0v) is 18.0. The summed E-state index contributed by atoms with van der Waals surface area (Å²) in [7, 11) is 0. The Kier molecular flexibility index (Phi) is 3.66. The molecule has 3 saturated heterocycles. The molecule has 2 aromatic carbocycles. The van der Waals surface area contributed by atoms with Gasteiger partial charge < -0.3 is 5.32 Å². The summed E-state index contributed by atoms with van der Waals surface area (Å²) in [5.41, 5.74) is 2.07. The Bertz CT molecular complexity index is 1130. The smallest absolute Gasteiger partial charge is 0.250 e. The Labute approximate surface area is 182 Å². The summed E-state index contributed by atoms with van der Waals surface area (Å²) in [5, 5.41) is 3.01. The summed E-state index contributed by atoms with van der Waals surface area (Å²) in [6, 6.07) is 13.0. The van der Waals surface area contributed by atoms with Gasteiger partial charge in [0.1, 0.15) is 5.54 Å². The number of benzene rings is 2. The third kappa shape index (κ3) is 2.04. The molecule has 2 aromatic rings. The zero-order chi connectivity index (χ0) is 20.8. The van der Waals surface area contributed by atoms with Gasteiger partial charge in [-0.05, 0) is 56.6 Å². The molecular weight excluding hydrogens is 446 g/mol.